The average Bonchev–Trinajstić information content (AvgIpc) is 2.79. The van der Waals surface area contributed by atoms with Crippen molar-refractivity contribution in [1.82, 2.24) is 4.98 Å². The number of anilines is 1. The van der Waals surface area contributed by atoms with E-state index in [9.17, 15) is 4.79 Å². The Morgan fingerprint density at radius 1 is 1.32 bits per heavy atom. The molecule has 6 heteroatoms. The van der Waals surface area contributed by atoms with Gasteiger partial charge in [-0.25, -0.2) is 9.78 Å². The summed E-state index contributed by atoms with van der Waals surface area (Å²) in [5.74, 6) is -0.995. The van der Waals surface area contributed by atoms with Gasteiger partial charge in [0.15, 0.2) is 5.69 Å². The number of nitrogens with zero attached hydrogens (tertiary/aromatic N) is 1. The lowest BCUT2D eigenvalue weighted by Crippen LogP contribution is -2.19. The fraction of sp³-hybridized carbons (Fsp3) is 0.231. The average molecular weight is 299 g/mol. The molecule has 0 radical (unpaired) electrons. The Morgan fingerprint density at radius 3 is 2.37 bits per heavy atom. The molecular weight excluding hydrogens is 284 g/mol. The predicted molar refractivity (Wildman–Crippen MR) is 79.3 cm³/mol. The van der Waals surface area contributed by atoms with Gasteiger partial charge in [-0.15, -0.1) is 23.7 Å². The van der Waals surface area contributed by atoms with Crippen molar-refractivity contribution in [1.29, 1.82) is 0 Å². The first kappa shape index (κ1) is 15.5. The summed E-state index contributed by atoms with van der Waals surface area (Å²) in [5, 5.41) is 11.2. The van der Waals surface area contributed by atoms with E-state index in [-0.39, 0.29) is 23.5 Å². The molecule has 1 heterocycles. The van der Waals surface area contributed by atoms with Crippen LogP contribution < -0.4 is 5.73 Å². The SMILES string of the molecule is CC(C)(c1ccc(N)cc1)c1nc(C(=O)O)cs1.Cl. The van der Waals surface area contributed by atoms with Gasteiger partial charge in [0.1, 0.15) is 5.01 Å². The molecule has 0 aliphatic carbocycles. The Bertz CT molecular complexity index is 579. The van der Waals surface area contributed by atoms with Gasteiger partial charge in [0.2, 0.25) is 0 Å². The molecule has 0 saturated heterocycles. The Hall–Kier alpha value is -1.59. The normalized spacial score (nSPS) is 10.8. The first-order valence-electron chi connectivity index (χ1n) is 5.46. The molecule has 0 unspecified atom stereocenters. The number of carboxylic acid groups (broad SMARTS) is 1. The number of carbonyl (C=O) groups is 1. The van der Waals surface area contributed by atoms with Gasteiger partial charge in [-0.1, -0.05) is 12.1 Å². The molecule has 1 aromatic carbocycles. The van der Waals surface area contributed by atoms with E-state index in [0.29, 0.717) is 5.69 Å². The molecule has 0 atom stereocenters. The first-order chi connectivity index (χ1) is 8.41. The number of benzene rings is 1. The zero-order valence-corrected chi connectivity index (χ0v) is 12.2. The standard InChI is InChI=1S/C13H14N2O2S.ClH/c1-13(2,8-3-5-9(14)6-4-8)12-15-10(7-18-12)11(16)17;/h3-7H,14H2,1-2H3,(H,16,17);1H. The monoisotopic (exact) mass is 298 g/mol. The molecule has 2 rings (SSSR count). The van der Waals surface area contributed by atoms with Crippen molar-refractivity contribution in [3.05, 3.63) is 45.9 Å². The van der Waals surface area contributed by atoms with E-state index < -0.39 is 5.97 Å². The minimum absolute atomic E-state index is 0. The molecule has 3 N–H and O–H groups in total. The number of halogens is 1. The lowest BCUT2D eigenvalue weighted by atomic mass is 9.85. The van der Waals surface area contributed by atoms with Gasteiger partial charge in [-0.05, 0) is 31.5 Å². The number of aromatic nitrogens is 1. The van der Waals surface area contributed by atoms with Crippen LogP contribution in [0.4, 0.5) is 5.69 Å². The number of hydrogen-bond acceptors (Lipinski definition) is 4. The number of thiazole rings is 1. The molecule has 1 aromatic heterocycles. The molecule has 0 aliphatic rings. The van der Waals surface area contributed by atoms with Crippen molar-refractivity contribution in [2.45, 2.75) is 19.3 Å². The zero-order chi connectivity index (χ0) is 13.3. The highest BCUT2D eigenvalue weighted by Crippen LogP contribution is 2.33. The summed E-state index contributed by atoms with van der Waals surface area (Å²) >= 11 is 1.36. The van der Waals surface area contributed by atoms with Crippen LogP contribution in [0.15, 0.2) is 29.6 Å². The van der Waals surface area contributed by atoms with E-state index in [4.69, 9.17) is 10.8 Å². The maximum atomic E-state index is 10.9. The molecule has 0 aliphatic heterocycles. The number of nitrogen functional groups attached to an aromatic ring is 1. The van der Waals surface area contributed by atoms with Gasteiger partial charge in [-0.3, -0.25) is 0 Å². The molecule has 0 fully saturated rings. The molecule has 0 saturated carbocycles. The van der Waals surface area contributed by atoms with Crippen molar-refractivity contribution < 1.29 is 9.90 Å². The molecule has 0 amide bonds. The lowest BCUT2D eigenvalue weighted by molar-refractivity contribution is 0.0691. The van der Waals surface area contributed by atoms with Crippen LogP contribution in [-0.4, -0.2) is 16.1 Å². The summed E-state index contributed by atoms with van der Waals surface area (Å²) < 4.78 is 0. The van der Waals surface area contributed by atoms with E-state index >= 15 is 0 Å². The second-order valence-corrected chi connectivity index (χ2v) is 5.45. The maximum absolute atomic E-state index is 10.9. The Kier molecular flexibility index (Phi) is 4.55. The van der Waals surface area contributed by atoms with E-state index in [0.717, 1.165) is 10.6 Å². The summed E-state index contributed by atoms with van der Waals surface area (Å²) in [4.78, 5) is 15.0. The highest BCUT2D eigenvalue weighted by molar-refractivity contribution is 7.10. The third-order valence-corrected chi connectivity index (χ3v) is 4.06. The van der Waals surface area contributed by atoms with Crippen LogP contribution in [0.5, 0.6) is 0 Å². The number of aromatic carboxylic acids is 1. The van der Waals surface area contributed by atoms with Crippen LogP contribution in [0.1, 0.15) is 34.9 Å². The van der Waals surface area contributed by atoms with Gasteiger partial charge in [0.25, 0.3) is 0 Å². The minimum Gasteiger partial charge on any atom is -0.476 e. The van der Waals surface area contributed by atoms with Crippen LogP contribution >= 0.6 is 23.7 Å². The topological polar surface area (TPSA) is 76.2 Å². The second kappa shape index (κ2) is 5.59. The third kappa shape index (κ3) is 3.05. The molecular formula is C13H15ClN2O2S. The largest absolute Gasteiger partial charge is 0.476 e. The summed E-state index contributed by atoms with van der Waals surface area (Å²) in [5.41, 5.74) is 7.20. The van der Waals surface area contributed by atoms with Crippen LogP contribution in [0.3, 0.4) is 0 Å². The Morgan fingerprint density at radius 2 is 1.89 bits per heavy atom. The molecule has 4 nitrogen and oxygen atoms in total. The summed E-state index contributed by atoms with van der Waals surface area (Å²) in [7, 11) is 0. The lowest BCUT2D eigenvalue weighted by Gasteiger charge is -2.22. The van der Waals surface area contributed by atoms with E-state index in [1.54, 1.807) is 5.38 Å². The second-order valence-electron chi connectivity index (χ2n) is 4.59. The summed E-state index contributed by atoms with van der Waals surface area (Å²) in [6.45, 7) is 4.03. The Labute approximate surface area is 121 Å². The fourth-order valence-electron chi connectivity index (χ4n) is 1.68. The van der Waals surface area contributed by atoms with Crippen molar-refractivity contribution in [2.75, 3.05) is 5.73 Å². The molecule has 0 bridgehead atoms. The van der Waals surface area contributed by atoms with Gasteiger partial charge in [0, 0.05) is 16.5 Å². The van der Waals surface area contributed by atoms with Gasteiger partial charge in [0.05, 0.1) is 0 Å². The van der Waals surface area contributed by atoms with Crippen molar-refractivity contribution >= 4 is 35.4 Å². The quantitative estimate of drug-likeness (QED) is 0.853. The predicted octanol–water partition coefficient (Wildman–Crippen LogP) is 3.17. The molecule has 2 aromatic rings. The van der Waals surface area contributed by atoms with E-state index in [2.05, 4.69) is 4.98 Å². The molecule has 102 valence electrons. The first-order valence-corrected chi connectivity index (χ1v) is 6.34. The number of rotatable bonds is 3. The Balaban J connectivity index is 0.00000180. The van der Waals surface area contributed by atoms with Crippen molar-refractivity contribution in [2.24, 2.45) is 0 Å². The smallest absolute Gasteiger partial charge is 0.355 e. The van der Waals surface area contributed by atoms with E-state index in [1.165, 1.54) is 11.3 Å². The third-order valence-electron chi connectivity index (χ3n) is 2.89. The highest BCUT2D eigenvalue weighted by Gasteiger charge is 2.27. The van der Waals surface area contributed by atoms with E-state index in [1.807, 2.05) is 38.1 Å². The maximum Gasteiger partial charge on any atom is 0.355 e. The van der Waals surface area contributed by atoms with Crippen LogP contribution in [0.25, 0.3) is 0 Å². The number of nitrogens with two attached hydrogens (primary N) is 1. The van der Waals surface area contributed by atoms with Gasteiger partial charge >= 0.3 is 5.97 Å². The number of hydrogen-bond donors (Lipinski definition) is 2. The minimum atomic E-state index is -0.995. The number of carboxylic acids is 1. The summed E-state index contributed by atoms with van der Waals surface area (Å²) in [6.07, 6.45) is 0. The summed E-state index contributed by atoms with van der Waals surface area (Å²) in [6, 6.07) is 7.56. The van der Waals surface area contributed by atoms with Gasteiger partial charge < -0.3 is 10.8 Å². The highest BCUT2D eigenvalue weighted by atomic mass is 35.5. The van der Waals surface area contributed by atoms with Crippen molar-refractivity contribution in [3.63, 3.8) is 0 Å². The van der Waals surface area contributed by atoms with Crippen LogP contribution in [0.2, 0.25) is 0 Å². The fourth-order valence-corrected chi connectivity index (χ4v) is 2.62. The van der Waals surface area contributed by atoms with Gasteiger partial charge in [-0.2, -0.15) is 0 Å². The molecule has 19 heavy (non-hydrogen) atoms. The zero-order valence-electron chi connectivity index (χ0n) is 10.6. The molecule has 0 spiro atoms. The van der Waals surface area contributed by atoms with Crippen LogP contribution in [-0.2, 0) is 5.41 Å². The van der Waals surface area contributed by atoms with Crippen molar-refractivity contribution in [3.8, 4) is 0 Å². The van der Waals surface area contributed by atoms with Crippen LogP contribution in [0, 0.1) is 0 Å².